The predicted octanol–water partition coefficient (Wildman–Crippen LogP) is -0.344. The Balaban J connectivity index is 1.84. The van der Waals surface area contributed by atoms with Gasteiger partial charge in [0.2, 0.25) is 0 Å². The van der Waals surface area contributed by atoms with Crippen LogP contribution in [-0.4, -0.2) is 58.7 Å². The van der Waals surface area contributed by atoms with Crippen LogP contribution in [0.5, 0.6) is 0 Å². The third-order valence-corrected chi connectivity index (χ3v) is 3.01. The van der Waals surface area contributed by atoms with Crippen LogP contribution in [0, 0.1) is 0 Å². The Morgan fingerprint density at radius 3 is 3.19 bits per heavy atom. The Kier molecular flexibility index (Phi) is 3.93. The van der Waals surface area contributed by atoms with Crippen LogP contribution >= 0.6 is 0 Å². The average Bonchev–Trinajstić information content (AvgIpc) is 2.73. The zero-order valence-electron chi connectivity index (χ0n) is 9.67. The summed E-state index contributed by atoms with van der Waals surface area (Å²) in [5, 5.41) is 13.4. The summed E-state index contributed by atoms with van der Waals surface area (Å²) in [7, 11) is 1.93. The predicted molar refractivity (Wildman–Crippen MR) is 60.2 cm³/mol. The summed E-state index contributed by atoms with van der Waals surface area (Å²) in [6.07, 6.45) is 4.91. The van der Waals surface area contributed by atoms with Gasteiger partial charge in [0.15, 0.2) is 0 Å². The molecule has 1 saturated heterocycles. The molecule has 0 amide bonds. The summed E-state index contributed by atoms with van der Waals surface area (Å²) < 4.78 is 7.16. The molecule has 1 atom stereocenters. The molecule has 0 spiro atoms. The van der Waals surface area contributed by atoms with Crippen molar-refractivity contribution in [3.8, 4) is 0 Å². The molecule has 2 rings (SSSR count). The Labute approximate surface area is 95.6 Å². The van der Waals surface area contributed by atoms with E-state index >= 15 is 0 Å². The topological polar surface area (TPSA) is 50.5 Å². The molecule has 1 fully saturated rings. The lowest BCUT2D eigenvalue weighted by atomic mass is 10.2. The first kappa shape index (κ1) is 11.6. The Bertz CT molecular complexity index is 327. The number of nitrogens with zero attached hydrogens (tertiary/aromatic N) is 3. The van der Waals surface area contributed by atoms with Gasteiger partial charge in [-0.15, -0.1) is 0 Å². The smallest absolute Gasteiger partial charge is 0.0644 e. The Morgan fingerprint density at radius 2 is 2.50 bits per heavy atom. The van der Waals surface area contributed by atoms with Gasteiger partial charge >= 0.3 is 0 Å². The van der Waals surface area contributed by atoms with Crippen molar-refractivity contribution in [2.45, 2.75) is 12.5 Å². The van der Waals surface area contributed by atoms with Gasteiger partial charge < -0.3 is 9.84 Å². The molecule has 0 bridgehead atoms. The van der Waals surface area contributed by atoms with Crippen LogP contribution in [0.15, 0.2) is 12.4 Å². The number of aliphatic hydroxyl groups excluding tert-OH is 1. The highest BCUT2D eigenvalue weighted by Crippen LogP contribution is 2.08. The molecule has 2 heterocycles. The van der Waals surface area contributed by atoms with Crippen LogP contribution in [0.25, 0.3) is 0 Å². The van der Waals surface area contributed by atoms with Crippen molar-refractivity contribution in [3.63, 3.8) is 0 Å². The monoisotopic (exact) mass is 225 g/mol. The molecule has 0 aromatic carbocycles. The molecule has 1 unspecified atom stereocenters. The van der Waals surface area contributed by atoms with Crippen molar-refractivity contribution in [1.29, 1.82) is 0 Å². The van der Waals surface area contributed by atoms with E-state index in [9.17, 15) is 5.11 Å². The lowest BCUT2D eigenvalue weighted by Gasteiger charge is -2.34. The molecule has 1 aliphatic heterocycles. The molecule has 1 N–H and O–H groups in total. The molecule has 1 aliphatic rings. The van der Waals surface area contributed by atoms with Crippen molar-refractivity contribution in [1.82, 2.24) is 14.7 Å². The molecule has 16 heavy (non-hydrogen) atoms. The molecule has 5 nitrogen and oxygen atoms in total. The fraction of sp³-hybridized carbons (Fsp3) is 0.727. The Morgan fingerprint density at radius 1 is 1.62 bits per heavy atom. The highest BCUT2D eigenvalue weighted by atomic mass is 16.5. The van der Waals surface area contributed by atoms with E-state index in [-0.39, 0.29) is 12.6 Å². The van der Waals surface area contributed by atoms with Crippen LogP contribution in [0.2, 0.25) is 0 Å². The molecule has 1 aromatic heterocycles. The molecule has 1 aromatic rings. The number of hydrogen-bond donors (Lipinski definition) is 1. The molecular weight excluding hydrogens is 206 g/mol. The molecule has 0 saturated carbocycles. The minimum absolute atomic E-state index is 0.158. The number of aromatic nitrogens is 2. The van der Waals surface area contributed by atoms with E-state index in [1.807, 2.05) is 24.1 Å². The maximum atomic E-state index is 9.22. The van der Waals surface area contributed by atoms with Gasteiger partial charge in [-0.25, -0.2) is 0 Å². The number of ether oxygens (including phenoxy) is 1. The normalized spacial score (nSPS) is 22.5. The largest absolute Gasteiger partial charge is 0.395 e. The fourth-order valence-corrected chi connectivity index (χ4v) is 2.03. The summed E-state index contributed by atoms with van der Waals surface area (Å²) >= 11 is 0. The van der Waals surface area contributed by atoms with Crippen molar-refractivity contribution < 1.29 is 9.84 Å². The van der Waals surface area contributed by atoms with E-state index in [1.165, 1.54) is 5.56 Å². The van der Waals surface area contributed by atoms with Gasteiger partial charge in [-0.1, -0.05) is 0 Å². The maximum absolute atomic E-state index is 9.22. The van der Waals surface area contributed by atoms with Gasteiger partial charge in [-0.3, -0.25) is 9.58 Å². The average molecular weight is 225 g/mol. The minimum atomic E-state index is 0.158. The zero-order valence-corrected chi connectivity index (χ0v) is 9.67. The second kappa shape index (κ2) is 5.43. The molecule has 0 radical (unpaired) electrons. The van der Waals surface area contributed by atoms with Crippen LogP contribution in [0.1, 0.15) is 5.56 Å². The van der Waals surface area contributed by atoms with E-state index in [0.717, 1.165) is 26.1 Å². The number of aryl methyl sites for hydroxylation is 1. The van der Waals surface area contributed by atoms with Crippen LogP contribution in [-0.2, 0) is 18.2 Å². The lowest BCUT2D eigenvalue weighted by molar-refractivity contribution is -0.0267. The molecular formula is C11H19N3O2. The van der Waals surface area contributed by atoms with E-state index < -0.39 is 0 Å². The van der Waals surface area contributed by atoms with Gasteiger partial charge in [0, 0.05) is 26.3 Å². The van der Waals surface area contributed by atoms with Gasteiger partial charge in [0.1, 0.15) is 0 Å². The number of aliphatic hydroxyl groups is 1. The van der Waals surface area contributed by atoms with Crippen molar-refractivity contribution in [2.75, 3.05) is 32.9 Å². The van der Waals surface area contributed by atoms with Crippen LogP contribution in [0.4, 0.5) is 0 Å². The quantitative estimate of drug-likeness (QED) is 0.761. The van der Waals surface area contributed by atoms with Gasteiger partial charge in [-0.2, -0.15) is 5.10 Å². The van der Waals surface area contributed by atoms with E-state index in [0.29, 0.717) is 6.61 Å². The second-order valence-corrected chi connectivity index (χ2v) is 4.22. The third-order valence-electron chi connectivity index (χ3n) is 3.01. The number of morpholine rings is 1. The number of hydrogen-bond acceptors (Lipinski definition) is 4. The SMILES string of the molecule is Cn1cc(CCN2CCOCC2CO)cn1. The van der Waals surface area contributed by atoms with Crippen molar-refractivity contribution in [3.05, 3.63) is 18.0 Å². The van der Waals surface area contributed by atoms with Gasteiger partial charge in [-0.05, 0) is 12.0 Å². The van der Waals surface area contributed by atoms with Crippen molar-refractivity contribution >= 4 is 0 Å². The summed E-state index contributed by atoms with van der Waals surface area (Å²) in [6.45, 7) is 3.45. The summed E-state index contributed by atoms with van der Waals surface area (Å²) in [5.41, 5.74) is 1.24. The lowest BCUT2D eigenvalue weighted by Crippen LogP contribution is -2.48. The van der Waals surface area contributed by atoms with Crippen LogP contribution in [0.3, 0.4) is 0 Å². The molecule has 5 heteroatoms. The highest BCUT2D eigenvalue weighted by molar-refractivity contribution is 5.04. The molecule has 0 aliphatic carbocycles. The molecule has 90 valence electrons. The summed E-state index contributed by atoms with van der Waals surface area (Å²) in [5.74, 6) is 0. The summed E-state index contributed by atoms with van der Waals surface area (Å²) in [4.78, 5) is 2.29. The standard InChI is InChI=1S/C11H19N3O2/c1-13-7-10(6-12-13)2-3-14-4-5-16-9-11(14)8-15/h6-7,11,15H,2-5,8-9H2,1H3. The van der Waals surface area contributed by atoms with Gasteiger partial charge in [0.25, 0.3) is 0 Å². The first-order valence-corrected chi connectivity index (χ1v) is 5.70. The van der Waals surface area contributed by atoms with E-state index in [2.05, 4.69) is 10.00 Å². The first-order chi connectivity index (χ1) is 7.79. The minimum Gasteiger partial charge on any atom is -0.395 e. The fourth-order valence-electron chi connectivity index (χ4n) is 2.03. The zero-order chi connectivity index (χ0) is 11.4. The van der Waals surface area contributed by atoms with Crippen LogP contribution < -0.4 is 0 Å². The van der Waals surface area contributed by atoms with E-state index in [4.69, 9.17) is 4.74 Å². The Hall–Kier alpha value is -0.910. The maximum Gasteiger partial charge on any atom is 0.0644 e. The third kappa shape index (κ3) is 2.81. The van der Waals surface area contributed by atoms with E-state index in [1.54, 1.807) is 0 Å². The number of rotatable bonds is 4. The second-order valence-electron chi connectivity index (χ2n) is 4.22. The first-order valence-electron chi connectivity index (χ1n) is 5.70. The summed E-state index contributed by atoms with van der Waals surface area (Å²) in [6, 6.07) is 0.158. The highest BCUT2D eigenvalue weighted by Gasteiger charge is 2.21. The van der Waals surface area contributed by atoms with Crippen molar-refractivity contribution in [2.24, 2.45) is 7.05 Å². The van der Waals surface area contributed by atoms with Gasteiger partial charge in [0.05, 0.1) is 32.1 Å².